The SMILES string of the molecule is C[NH+](C)CCNc1ccc([N+](=O)[O-])cc1C(=O)[O-]. The van der Waals surface area contributed by atoms with Gasteiger partial charge in [-0.3, -0.25) is 10.1 Å². The molecule has 1 aromatic rings. The fourth-order valence-corrected chi connectivity index (χ4v) is 1.42. The molecule has 0 bridgehead atoms. The normalized spacial score (nSPS) is 10.4. The van der Waals surface area contributed by atoms with E-state index in [2.05, 4.69) is 5.32 Å². The van der Waals surface area contributed by atoms with Gasteiger partial charge in [-0.1, -0.05) is 0 Å². The van der Waals surface area contributed by atoms with Crippen LogP contribution in [0.2, 0.25) is 0 Å². The molecule has 0 spiro atoms. The maximum Gasteiger partial charge on any atom is 0.270 e. The third kappa shape index (κ3) is 3.70. The van der Waals surface area contributed by atoms with Gasteiger partial charge in [0.15, 0.2) is 0 Å². The number of benzene rings is 1. The molecule has 0 heterocycles. The number of carboxylic acid groups (broad SMARTS) is 1. The molecule has 0 aromatic heterocycles. The predicted octanol–water partition coefficient (Wildman–Crippen LogP) is -1.49. The topological polar surface area (TPSA) is 99.7 Å². The van der Waals surface area contributed by atoms with Gasteiger partial charge in [0.25, 0.3) is 5.69 Å². The molecule has 1 rings (SSSR count). The molecule has 0 unspecified atom stereocenters. The molecule has 0 saturated carbocycles. The molecule has 0 aliphatic carbocycles. The molecule has 0 saturated heterocycles. The van der Waals surface area contributed by atoms with Crippen LogP contribution in [0.5, 0.6) is 0 Å². The Bertz CT molecular complexity index is 460. The molecule has 0 aliphatic rings. The van der Waals surface area contributed by atoms with Gasteiger partial charge in [-0.2, -0.15) is 0 Å². The monoisotopic (exact) mass is 253 g/mol. The Hall–Kier alpha value is -2.15. The van der Waals surface area contributed by atoms with Crippen molar-refractivity contribution in [1.29, 1.82) is 0 Å². The van der Waals surface area contributed by atoms with Gasteiger partial charge in [0.1, 0.15) is 0 Å². The highest BCUT2D eigenvalue weighted by atomic mass is 16.6. The summed E-state index contributed by atoms with van der Waals surface area (Å²) >= 11 is 0. The van der Waals surface area contributed by atoms with Crippen molar-refractivity contribution < 1.29 is 19.7 Å². The summed E-state index contributed by atoms with van der Waals surface area (Å²) in [5.74, 6) is -1.43. The number of nitro benzene ring substituents is 1. The highest BCUT2D eigenvalue weighted by Crippen LogP contribution is 2.21. The van der Waals surface area contributed by atoms with Crippen LogP contribution >= 0.6 is 0 Å². The van der Waals surface area contributed by atoms with E-state index in [0.29, 0.717) is 12.2 Å². The number of quaternary nitrogens is 1. The lowest BCUT2D eigenvalue weighted by molar-refractivity contribution is -0.856. The van der Waals surface area contributed by atoms with Crippen molar-refractivity contribution in [1.82, 2.24) is 0 Å². The van der Waals surface area contributed by atoms with Crippen LogP contribution in [0.3, 0.4) is 0 Å². The Balaban J connectivity index is 2.90. The summed E-state index contributed by atoms with van der Waals surface area (Å²) in [6.45, 7) is 1.36. The second-order valence-electron chi connectivity index (χ2n) is 4.16. The minimum atomic E-state index is -1.43. The summed E-state index contributed by atoms with van der Waals surface area (Å²) in [5, 5.41) is 24.4. The number of nitrogens with one attached hydrogen (secondary N) is 2. The first-order valence-corrected chi connectivity index (χ1v) is 5.44. The summed E-state index contributed by atoms with van der Waals surface area (Å²) in [6, 6.07) is 3.64. The number of aromatic carboxylic acids is 1. The number of nitro groups is 1. The Labute approximate surface area is 104 Å². The average molecular weight is 253 g/mol. The first kappa shape index (κ1) is 13.9. The molecule has 0 radical (unpaired) electrons. The van der Waals surface area contributed by atoms with Crippen LogP contribution in [0.1, 0.15) is 10.4 Å². The quantitative estimate of drug-likeness (QED) is 0.475. The van der Waals surface area contributed by atoms with Crippen molar-refractivity contribution in [3.05, 3.63) is 33.9 Å². The van der Waals surface area contributed by atoms with E-state index in [4.69, 9.17) is 0 Å². The van der Waals surface area contributed by atoms with Gasteiger partial charge in [0, 0.05) is 23.4 Å². The Kier molecular flexibility index (Phi) is 4.61. The number of hydrogen-bond acceptors (Lipinski definition) is 5. The molecule has 0 aliphatic heterocycles. The summed E-state index contributed by atoms with van der Waals surface area (Å²) in [6.07, 6.45) is 0. The molecule has 7 nitrogen and oxygen atoms in total. The lowest BCUT2D eigenvalue weighted by atomic mass is 10.1. The molecule has 98 valence electrons. The van der Waals surface area contributed by atoms with Crippen LogP contribution in [0.4, 0.5) is 11.4 Å². The van der Waals surface area contributed by atoms with Gasteiger partial charge < -0.3 is 20.1 Å². The molecule has 7 heteroatoms. The van der Waals surface area contributed by atoms with E-state index in [1.54, 1.807) is 0 Å². The minimum absolute atomic E-state index is 0.196. The molecule has 18 heavy (non-hydrogen) atoms. The third-order valence-electron chi connectivity index (χ3n) is 2.37. The first-order valence-electron chi connectivity index (χ1n) is 5.44. The van der Waals surface area contributed by atoms with E-state index in [1.165, 1.54) is 17.0 Å². The van der Waals surface area contributed by atoms with Gasteiger partial charge >= 0.3 is 0 Å². The van der Waals surface area contributed by atoms with E-state index in [9.17, 15) is 20.0 Å². The molecular formula is C11H15N3O4. The summed E-state index contributed by atoms with van der Waals surface area (Å²) in [7, 11) is 3.94. The van der Waals surface area contributed by atoms with Crippen molar-refractivity contribution in [2.75, 3.05) is 32.5 Å². The molecule has 0 atom stereocenters. The van der Waals surface area contributed by atoms with Crippen LogP contribution in [-0.2, 0) is 0 Å². The van der Waals surface area contributed by atoms with Gasteiger partial charge in [0.05, 0.1) is 38.1 Å². The van der Waals surface area contributed by atoms with Gasteiger partial charge in [-0.15, -0.1) is 0 Å². The molecule has 2 N–H and O–H groups in total. The van der Waals surface area contributed by atoms with Crippen molar-refractivity contribution in [2.45, 2.75) is 0 Å². The summed E-state index contributed by atoms with van der Waals surface area (Å²) in [5.41, 5.74) is -0.127. The number of anilines is 1. The zero-order valence-corrected chi connectivity index (χ0v) is 10.2. The minimum Gasteiger partial charge on any atom is -0.545 e. The van der Waals surface area contributed by atoms with Crippen molar-refractivity contribution in [2.24, 2.45) is 0 Å². The Morgan fingerprint density at radius 2 is 2.11 bits per heavy atom. The number of non-ortho nitro benzene ring substituents is 1. The van der Waals surface area contributed by atoms with E-state index in [0.717, 1.165) is 12.6 Å². The lowest BCUT2D eigenvalue weighted by Crippen LogP contribution is -3.06. The largest absolute Gasteiger partial charge is 0.545 e. The van der Waals surface area contributed by atoms with Gasteiger partial charge in [-0.05, 0) is 6.07 Å². The Morgan fingerprint density at radius 1 is 1.44 bits per heavy atom. The van der Waals surface area contributed by atoms with Crippen LogP contribution < -0.4 is 15.3 Å². The zero-order valence-electron chi connectivity index (χ0n) is 10.2. The molecule has 0 amide bonds. The van der Waals surface area contributed by atoms with Gasteiger partial charge in [-0.25, -0.2) is 0 Å². The predicted molar refractivity (Wildman–Crippen MR) is 63.6 cm³/mol. The van der Waals surface area contributed by atoms with Crippen LogP contribution in [-0.4, -0.2) is 38.1 Å². The smallest absolute Gasteiger partial charge is 0.270 e. The van der Waals surface area contributed by atoms with E-state index in [-0.39, 0.29) is 11.3 Å². The second kappa shape index (κ2) is 5.97. The average Bonchev–Trinajstić information content (AvgIpc) is 2.28. The van der Waals surface area contributed by atoms with Crippen LogP contribution in [0.25, 0.3) is 0 Å². The number of hydrogen-bond donors (Lipinski definition) is 2. The lowest BCUT2D eigenvalue weighted by Gasteiger charge is -2.13. The van der Waals surface area contributed by atoms with E-state index in [1.807, 2.05) is 14.1 Å². The fourth-order valence-electron chi connectivity index (χ4n) is 1.42. The molecule has 1 aromatic carbocycles. The van der Waals surface area contributed by atoms with Gasteiger partial charge in [0.2, 0.25) is 0 Å². The number of rotatable bonds is 6. The Morgan fingerprint density at radius 3 is 2.61 bits per heavy atom. The van der Waals surface area contributed by atoms with Crippen LogP contribution in [0.15, 0.2) is 18.2 Å². The molecular weight excluding hydrogens is 238 g/mol. The first-order chi connectivity index (χ1) is 8.41. The van der Waals surface area contributed by atoms with E-state index >= 15 is 0 Å². The maximum atomic E-state index is 10.9. The highest BCUT2D eigenvalue weighted by Gasteiger charge is 2.11. The van der Waals surface area contributed by atoms with Crippen molar-refractivity contribution >= 4 is 17.3 Å². The maximum absolute atomic E-state index is 10.9. The fraction of sp³-hybridized carbons (Fsp3) is 0.364. The standard InChI is InChI=1S/C11H15N3O4/c1-13(2)6-5-12-10-4-3-8(14(17)18)7-9(10)11(15)16/h3-4,7,12H,5-6H2,1-2H3,(H,15,16). The summed E-state index contributed by atoms with van der Waals surface area (Å²) in [4.78, 5) is 22.0. The van der Waals surface area contributed by atoms with E-state index < -0.39 is 10.9 Å². The zero-order chi connectivity index (χ0) is 13.7. The summed E-state index contributed by atoms with van der Waals surface area (Å²) < 4.78 is 0. The molecule has 0 fully saturated rings. The highest BCUT2D eigenvalue weighted by molar-refractivity contribution is 5.93. The number of likely N-dealkylation sites (N-methyl/N-ethyl adjacent to an activating group) is 1. The number of nitrogens with zero attached hydrogens (tertiary/aromatic N) is 1. The van der Waals surface area contributed by atoms with Crippen LogP contribution in [0, 0.1) is 10.1 Å². The second-order valence-corrected chi connectivity index (χ2v) is 4.16. The van der Waals surface area contributed by atoms with Crippen molar-refractivity contribution in [3.8, 4) is 0 Å². The van der Waals surface area contributed by atoms with Crippen molar-refractivity contribution in [3.63, 3.8) is 0 Å². The number of carbonyl (C=O) groups is 1. The number of carboxylic acids is 1. The number of carbonyl (C=O) groups excluding carboxylic acids is 1. The third-order valence-corrected chi connectivity index (χ3v) is 2.37.